The predicted octanol–water partition coefficient (Wildman–Crippen LogP) is 1.07. The maximum absolute atomic E-state index is 13.8. The summed E-state index contributed by atoms with van der Waals surface area (Å²) >= 11 is 0. The monoisotopic (exact) mass is 237 g/mol. The lowest BCUT2D eigenvalue weighted by molar-refractivity contribution is 0.145. The lowest BCUT2D eigenvalue weighted by atomic mass is 10.1. The zero-order chi connectivity index (χ0) is 12.4. The number of aliphatic hydroxyl groups excluding tert-OH is 1. The van der Waals surface area contributed by atoms with E-state index in [0.29, 0.717) is 37.2 Å². The number of anilines is 1. The van der Waals surface area contributed by atoms with Crippen molar-refractivity contribution >= 4 is 11.5 Å². The fraction of sp³-hybridized carbons (Fsp3) is 0.417. The molecule has 0 unspecified atom stereocenters. The minimum Gasteiger partial charge on any atom is -0.393 e. The van der Waals surface area contributed by atoms with Crippen LogP contribution in [0, 0.1) is 11.2 Å². The Morgan fingerprint density at radius 2 is 2.06 bits per heavy atom. The van der Waals surface area contributed by atoms with Crippen molar-refractivity contribution in [2.45, 2.75) is 18.9 Å². The van der Waals surface area contributed by atoms with Gasteiger partial charge in [-0.1, -0.05) is 0 Å². The third kappa shape index (κ3) is 2.55. The fourth-order valence-corrected chi connectivity index (χ4v) is 2.04. The van der Waals surface area contributed by atoms with E-state index in [2.05, 4.69) is 0 Å². The molecule has 0 spiro atoms. The van der Waals surface area contributed by atoms with Crippen LogP contribution in [0.1, 0.15) is 18.4 Å². The molecule has 0 aromatic heterocycles. The van der Waals surface area contributed by atoms with Crippen LogP contribution in [0.4, 0.5) is 10.1 Å². The van der Waals surface area contributed by atoms with Gasteiger partial charge in [-0.2, -0.15) is 0 Å². The Balaban J connectivity index is 2.19. The number of nitrogen functional groups attached to an aromatic ring is 1. The molecule has 1 saturated heterocycles. The summed E-state index contributed by atoms with van der Waals surface area (Å²) in [5.74, 6) is -0.501. The van der Waals surface area contributed by atoms with Crippen molar-refractivity contribution in [2.24, 2.45) is 5.73 Å². The SMILES string of the molecule is N=C(N)c1ccc(N2CCC(O)CC2)c(F)c1. The number of nitrogens with zero attached hydrogens (tertiary/aromatic N) is 1. The molecule has 1 heterocycles. The van der Waals surface area contributed by atoms with E-state index in [-0.39, 0.29) is 17.8 Å². The van der Waals surface area contributed by atoms with Gasteiger partial charge in [0.15, 0.2) is 0 Å². The topological polar surface area (TPSA) is 73.3 Å². The largest absolute Gasteiger partial charge is 0.393 e. The number of nitrogens with one attached hydrogen (secondary N) is 1. The number of piperidine rings is 1. The van der Waals surface area contributed by atoms with E-state index in [0.717, 1.165) is 0 Å². The van der Waals surface area contributed by atoms with E-state index in [1.807, 2.05) is 4.90 Å². The van der Waals surface area contributed by atoms with Gasteiger partial charge in [0.05, 0.1) is 11.8 Å². The molecule has 1 aromatic rings. The summed E-state index contributed by atoms with van der Waals surface area (Å²) < 4.78 is 13.8. The summed E-state index contributed by atoms with van der Waals surface area (Å²) in [6.07, 6.45) is 1.05. The number of rotatable bonds is 2. The Morgan fingerprint density at radius 1 is 1.41 bits per heavy atom. The molecule has 1 aliphatic heterocycles. The third-order valence-electron chi connectivity index (χ3n) is 3.06. The second kappa shape index (κ2) is 4.71. The Hall–Kier alpha value is -1.62. The Morgan fingerprint density at radius 3 is 2.59 bits per heavy atom. The van der Waals surface area contributed by atoms with Crippen molar-refractivity contribution in [2.75, 3.05) is 18.0 Å². The fourth-order valence-electron chi connectivity index (χ4n) is 2.04. The normalized spacial score (nSPS) is 17.2. The van der Waals surface area contributed by atoms with Gasteiger partial charge < -0.3 is 15.7 Å². The molecule has 17 heavy (non-hydrogen) atoms. The second-order valence-corrected chi connectivity index (χ2v) is 4.30. The van der Waals surface area contributed by atoms with E-state index < -0.39 is 0 Å². The van der Waals surface area contributed by atoms with Gasteiger partial charge in [-0.15, -0.1) is 0 Å². The zero-order valence-corrected chi connectivity index (χ0v) is 9.49. The Labute approximate surface area is 99.4 Å². The highest BCUT2D eigenvalue weighted by atomic mass is 19.1. The molecular formula is C12H16FN3O. The number of hydrogen-bond donors (Lipinski definition) is 3. The number of nitrogens with two attached hydrogens (primary N) is 1. The average Bonchev–Trinajstić information content (AvgIpc) is 2.30. The first kappa shape index (κ1) is 11.9. The summed E-state index contributed by atoms with van der Waals surface area (Å²) in [5.41, 5.74) is 6.21. The van der Waals surface area contributed by atoms with Crippen molar-refractivity contribution in [3.63, 3.8) is 0 Å². The number of amidine groups is 1. The van der Waals surface area contributed by atoms with E-state index in [1.54, 1.807) is 12.1 Å². The molecule has 4 N–H and O–H groups in total. The minimum atomic E-state index is -0.367. The van der Waals surface area contributed by atoms with Crippen LogP contribution in [0.15, 0.2) is 18.2 Å². The molecular weight excluding hydrogens is 221 g/mol. The smallest absolute Gasteiger partial charge is 0.147 e. The highest BCUT2D eigenvalue weighted by Crippen LogP contribution is 2.24. The van der Waals surface area contributed by atoms with E-state index in [1.165, 1.54) is 6.07 Å². The highest BCUT2D eigenvalue weighted by molar-refractivity contribution is 5.95. The van der Waals surface area contributed by atoms with E-state index in [4.69, 9.17) is 11.1 Å². The molecule has 0 radical (unpaired) electrons. The summed E-state index contributed by atoms with van der Waals surface area (Å²) in [7, 11) is 0. The van der Waals surface area contributed by atoms with Crippen LogP contribution in [0.25, 0.3) is 0 Å². The second-order valence-electron chi connectivity index (χ2n) is 4.30. The molecule has 92 valence electrons. The first-order valence-corrected chi connectivity index (χ1v) is 5.65. The van der Waals surface area contributed by atoms with Crippen LogP contribution in [0.2, 0.25) is 0 Å². The number of benzene rings is 1. The molecule has 1 aliphatic rings. The predicted molar refractivity (Wildman–Crippen MR) is 64.9 cm³/mol. The van der Waals surface area contributed by atoms with Gasteiger partial charge in [0.1, 0.15) is 11.7 Å². The lowest BCUT2D eigenvalue weighted by Gasteiger charge is -2.31. The summed E-state index contributed by atoms with van der Waals surface area (Å²) in [4.78, 5) is 1.91. The number of halogens is 1. The van der Waals surface area contributed by atoms with Crippen LogP contribution in [0.5, 0.6) is 0 Å². The molecule has 1 aromatic carbocycles. The zero-order valence-electron chi connectivity index (χ0n) is 9.49. The maximum Gasteiger partial charge on any atom is 0.147 e. The van der Waals surface area contributed by atoms with Crippen molar-refractivity contribution in [3.8, 4) is 0 Å². The molecule has 0 amide bonds. The molecule has 5 heteroatoms. The lowest BCUT2D eigenvalue weighted by Crippen LogP contribution is -2.36. The van der Waals surface area contributed by atoms with Crippen LogP contribution in [-0.2, 0) is 0 Å². The van der Waals surface area contributed by atoms with Gasteiger partial charge in [0, 0.05) is 18.7 Å². The van der Waals surface area contributed by atoms with Crippen LogP contribution in [-0.4, -0.2) is 30.1 Å². The van der Waals surface area contributed by atoms with Gasteiger partial charge in [0.25, 0.3) is 0 Å². The quantitative estimate of drug-likeness (QED) is 0.532. The molecule has 4 nitrogen and oxygen atoms in total. The molecule has 0 saturated carbocycles. The van der Waals surface area contributed by atoms with Gasteiger partial charge in [0.2, 0.25) is 0 Å². The summed E-state index contributed by atoms with van der Waals surface area (Å²) in [6, 6.07) is 4.57. The van der Waals surface area contributed by atoms with Crippen molar-refractivity contribution in [3.05, 3.63) is 29.6 Å². The molecule has 0 bridgehead atoms. The molecule has 2 rings (SSSR count). The van der Waals surface area contributed by atoms with Gasteiger partial charge in [-0.25, -0.2) is 4.39 Å². The van der Waals surface area contributed by atoms with E-state index >= 15 is 0 Å². The van der Waals surface area contributed by atoms with E-state index in [9.17, 15) is 9.50 Å². The average molecular weight is 237 g/mol. The summed E-state index contributed by atoms with van der Waals surface area (Å²) in [6.45, 7) is 1.30. The molecule has 1 fully saturated rings. The van der Waals surface area contributed by atoms with Crippen LogP contribution < -0.4 is 10.6 Å². The van der Waals surface area contributed by atoms with Crippen molar-refractivity contribution in [1.82, 2.24) is 0 Å². The first-order chi connectivity index (χ1) is 8.08. The number of aliphatic hydroxyl groups is 1. The van der Waals surface area contributed by atoms with Gasteiger partial charge in [-0.05, 0) is 31.0 Å². The third-order valence-corrected chi connectivity index (χ3v) is 3.06. The van der Waals surface area contributed by atoms with Gasteiger partial charge >= 0.3 is 0 Å². The first-order valence-electron chi connectivity index (χ1n) is 5.65. The maximum atomic E-state index is 13.8. The van der Waals surface area contributed by atoms with Gasteiger partial charge in [-0.3, -0.25) is 5.41 Å². The summed E-state index contributed by atoms with van der Waals surface area (Å²) in [5, 5.41) is 16.6. The number of hydrogen-bond acceptors (Lipinski definition) is 3. The van der Waals surface area contributed by atoms with Crippen molar-refractivity contribution in [1.29, 1.82) is 5.41 Å². The Kier molecular flexibility index (Phi) is 3.28. The minimum absolute atomic E-state index is 0.135. The highest BCUT2D eigenvalue weighted by Gasteiger charge is 2.19. The molecule has 0 atom stereocenters. The Bertz CT molecular complexity index is 428. The van der Waals surface area contributed by atoms with Crippen LogP contribution >= 0.6 is 0 Å². The standard InChI is InChI=1S/C12H16FN3O/c13-10-7-8(12(14)15)1-2-11(10)16-5-3-9(17)4-6-16/h1-2,7,9,17H,3-6H2,(H3,14,15). The molecule has 0 aliphatic carbocycles. The van der Waals surface area contributed by atoms with Crippen LogP contribution in [0.3, 0.4) is 0 Å². The van der Waals surface area contributed by atoms with Crippen molar-refractivity contribution < 1.29 is 9.50 Å².